The zero-order valence-corrected chi connectivity index (χ0v) is 11.0. The summed E-state index contributed by atoms with van der Waals surface area (Å²) in [7, 11) is 1.73. The van der Waals surface area contributed by atoms with Gasteiger partial charge in [-0.2, -0.15) is 4.98 Å². The maximum absolute atomic E-state index is 6.01. The molecule has 1 aromatic rings. The van der Waals surface area contributed by atoms with Gasteiger partial charge in [0.05, 0.1) is 12.3 Å². The monoisotopic (exact) mass is 256 g/mol. The van der Waals surface area contributed by atoms with Gasteiger partial charge in [-0.25, -0.2) is 4.98 Å². The summed E-state index contributed by atoms with van der Waals surface area (Å²) in [5.41, 5.74) is 5.59. The van der Waals surface area contributed by atoms with E-state index in [1.165, 1.54) is 6.20 Å². The fourth-order valence-electron chi connectivity index (χ4n) is 2.18. The number of hydrogen-bond acceptors (Lipinski definition) is 5. The average molecular weight is 257 g/mol. The van der Waals surface area contributed by atoms with Crippen molar-refractivity contribution in [1.82, 2.24) is 9.97 Å². The Morgan fingerprint density at radius 2 is 2.29 bits per heavy atom. The largest absolute Gasteiger partial charge is 0.381 e. The Bertz CT molecular complexity index is 424. The molecule has 2 atom stereocenters. The lowest BCUT2D eigenvalue weighted by molar-refractivity contribution is -0.0795. The molecule has 1 heterocycles. The van der Waals surface area contributed by atoms with E-state index in [1.807, 2.05) is 0 Å². The molecule has 1 aliphatic rings. The molecule has 1 saturated carbocycles. The molecule has 2 unspecified atom stereocenters. The Labute approximate surface area is 106 Å². The zero-order chi connectivity index (χ0) is 12.6. The highest BCUT2D eigenvalue weighted by molar-refractivity contribution is 6.32. The summed E-state index contributed by atoms with van der Waals surface area (Å²) in [4.78, 5) is 7.92. The first-order valence-electron chi connectivity index (χ1n) is 5.52. The fourth-order valence-corrected chi connectivity index (χ4v) is 2.32. The van der Waals surface area contributed by atoms with Crippen LogP contribution in [0.3, 0.4) is 0 Å². The maximum Gasteiger partial charge on any atom is 0.222 e. The Kier molecular flexibility index (Phi) is 3.14. The highest BCUT2D eigenvalue weighted by Crippen LogP contribution is 2.44. The van der Waals surface area contributed by atoms with Crippen LogP contribution in [0.5, 0.6) is 0 Å². The first kappa shape index (κ1) is 12.4. The minimum Gasteiger partial charge on any atom is -0.381 e. The van der Waals surface area contributed by atoms with Crippen molar-refractivity contribution in [3.63, 3.8) is 0 Å². The van der Waals surface area contributed by atoms with Crippen LogP contribution in [-0.2, 0) is 4.74 Å². The number of nitrogen functional groups attached to an aromatic ring is 1. The van der Waals surface area contributed by atoms with Gasteiger partial charge in [0.1, 0.15) is 5.02 Å². The molecule has 0 aromatic carbocycles. The number of methoxy groups -OCH3 is 1. The zero-order valence-electron chi connectivity index (χ0n) is 10.2. The third kappa shape index (κ3) is 2.17. The van der Waals surface area contributed by atoms with E-state index in [-0.39, 0.29) is 23.5 Å². The molecule has 2 rings (SSSR count). The number of ether oxygens (including phenoxy) is 1. The molecule has 1 fully saturated rings. The topological polar surface area (TPSA) is 73.1 Å². The van der Waals surface area contributed by atoms with Crippen LogP contribution in [0.4, 0.5) is 11.8 Å². The lowest BCUT2D eigenvalue weighted by Gasteiger charge is -2.51. The molecule has 94 valence electrons. The van der Waals surface area contributed by atoms with Crippen molar-refractivity contribution in [3.05, 3.63) is 11.2 Å². The van der Waals surface area contributed by atoms with Crippen molar-refractivity contribution in [2.45, 2.75) is 32.4 Å². The molecule has 1 aromatic heterocycles. The fraction of sp³-hybridized carbons (Fsp3) is 0.636. The van der Waals surface area contributed by atoms with Crippen LogP contribution in [0.1, 0.15) is 20.3 Å². The standard InChI is InChI=1S/C11H17ClN4O/c1-11(2)7(4-8(11)17-3)15-9-6(12)5-14-10(13)16-9/h5,7-8H,4H2,1-3H3,(H3,13,14,15,16). The second-order valence-corrected chi connectivity index (χ2v) is 5.31. The smallest absolute Gasteiger partial charge is 0.222 e. The van der Waals surface area contributed by atoms with Crippen LogP contribution < -0.4 is 11.1 Å². The first-order chi connectivity index (χ1) is 7.95. The van der Waals surface area contributed by atoms with Crippen molar-refractivity contribution in [1.29, 1.82) is 0 Å². The van der Waals surface area contributed by atoms with Gasteiger partial charge in [-0.3, -0.25) is 0 Å². The number of nitrogens with two attached hydrogens (primary N) is 1. The highest BCUT2D eigenvalue weighted by atomic mass is 35.5. The van der Waals surface area contributed by atoms with Crippen molar-refractivity contribution in [3.8, 4) is 0 Å². The summed E-state index contributed by atoms with van der Waals surface area (Å²) < 4.78 is 5.39. The summed E-state index contributed by atoms with van der Waals surface area (Å²) in [5, 5.41) is 3.78. The van der Waals surface area contributed by atoms with Gasteiger partial charge in [0, 0.05) is 18.6 Å². The molecular weight excluding hydrogens is 240 g/mol. The summed E-state index contributed by atoms with van der Waals surface area (Å²) in [5.74, 6) is 0.809. The molecule has 0 amide bonds. The average Bonchev–Trinajstić information content (AvgIpc) is 2.28. The molecule has 0 spiro atoms. The van der Waals surface area contributed by atoms with E-state index in [0.717, 1.165) is 6.42 Å². The lowest BCUT2D eigenvalue weighted by atomic mass is 9.64. The number of nitrogens with zero attached hydrogens (tertiary/aromatic N) is 2. The predicted molar refractivity (Wildman–Crippen MR) is 68.1 cm³/mol. The number of rotatable bonds is 3. The van der Waals surface area contributed by atoms with Gasteiger partial charge in [-0.1, -0.05) is 25.4 Å². The minimum atomic E-state index is 0.0534. The van der Waals surface area contributed by atoms with E-state index in [1.54, 1.807) is 7.11 Å². The molecule has 0 radical (unpaired) electrons. The molecule has 5 nitrogen and oxygen atoms in total. The van der Waals surface area contributed by atoms with Gasteiger partial charge in [-0.05, 0) is 6.42 Å². The summed E-state index contributed by atoms with van der Waals surface area (Å²) in [6.45, 7) is 4.31. The Morgan fingerprint density at radius 1 is 1.59 bits per heavy atom. The van der Waals surface area contributed by atoms with Gasteiger partial charge in [0.25, 0.3) is 0 Å². The number of hydrogen-bond donors (Lipinski definition) is 2. The van der Waals surface area contributed by atoms with Crippen molar-refractivity contribution >= 4 is 23.4 Å². The van der Waals surface area contributed by atoms with Crippen LogP contribution in [0.15, 0.2) is 6.20 Å². The first-order valence-corrected chi connectivity index (χ1v) is 5.90. The van der Waals surface area contributed by atoms with Crippen LogP contribution in [-0.4, -0.2) is 29.2 Å². The lowest BCUT2D eigenvalue weighted by Crippen LogP contribution is -2.57. The van der Waals surface area contributed by atoms with Crippen molar-refractivity contribution in [2.75, 3.05) is 18.2 Å². The Morgan fingerprint density at radius 3 is 2.88 bits per heavy atom. The van der Waals surface area contributed by atoms with Gasteiger partial charge < -0.3 is 15.8 Å². The van der Waals surface area contributed by atoms with Crippen LogP contribution in [0.25, 0.3) is 0 Å². The molecular formula is C11H17ClN4O. The number of anilines is 2. The molecule has 0 bridgehead atoms. The van der Waals surface area contributed by atoms with E-state index in [9.17, 15) is 0 Å². The normalized spacial score (nSPS) is 26.4. The minimum absolute atomic E-state index is 0.0534. The van der Waals surface area contributed by atoms with Crippen LogP contribution in [0.2, 0.25) is 5.02 Å². The quantitative estimate of drug-likeness (QED) is 0.865. The Hall–Kier alpha value is -1.07. The molecule has 1 aliphatic carbocycles. The van der Waals surface area contributed by atoms with E-state index in [0.29, 0.717) is 10.8 Å². The van der Waals surface area contributed by atoms with E-state index >= 15 is 0 Å². The molecule has 17 heavy (non-hydrogen) atoms. The van der Waals surface area contributed by atoms with Crippen molar-refractivity contribution in [2.24, 2.45) is 5.41 Å². The SMILES string of the molecule is COC1CC(Nc2nc(N)ncc2Cl)C1(C)C. The van der Waals surface area contributed by atoms with E-state index in [2.05, 4.69) is 29.1 Å². The second-order valence-electron chi connectivity index (χ2n) is 4.90. The number of halogens is 1. The maximum atomic E-state index is 6.01. The van der Waals surface area contributed by atoms with E-state index < -0.39 is 0 Å². The molecule has 3 N–H and O–H groups in total. The van der Waals surface area contributed by atoms with Gasteiger partial charge in [-0.15, -0.1) is 0 Å². The molecule has 0 saturated heterocycles. The molecule has 6 heteroatoms. The predicted octanol–water partition coefficient (Wildman–Crippen LogP) is 1.94. The van der Waals surface area contributed by atoms with Gasteiger partial charge in [0.15, 0.2) is 5.82 Å². The highest BCUT2D eigenvalue weighted by Gasteiger charge is 2.48. The summed E-state index contributed by atoms with van der Waals surface area (Å²) >= 11 is 6.01. The van der Waals surface area contributed by atoms with Crippen molar-refractivity contribution < 1.29 is 4.74 Å². The summed E-state index contributed by atoms with van der Waals surface area (Å²) in [6.07, 6.45) is 2.70. The second kappa shape index (κ2) is 4.31. The number of nitrogens with one attached hydrogen (secondary N) is 1. The van der Waals surface area contributed by atoms with Gasteiger partial charge in [0.2, 0.25) is 5.95 Å². The number of aromatic nitrogens is 2. The summed E-state index contributed by atoms with van der Waals surface area (Å²) in [6, 6.07) is 0.277. The van der Waals surface area contributed by atoms with E-state index in [4.69, 9.17) is 22.1 Å². The Balaban J connectivity index is 2.10. The van der Waals surface area contributed by atoms with Crippen LogP contribution >= 0.6 is 11.6 Å². The third-order valence-electron chi connectivity index (χ3n) is 3.54. The van der Waals surface area contributed by atoms with Crippen LogP contribution in [0, 0.1) is 5.41 Å². The molecule has 0 aliphatic heterocycles. The van der Waals surface area contributed by atoms with Gasteiger partial charge >= 0.3 is 0 Å². The third-order valence-corrected chi connectivity index (χ3v) is 3.81.